The third-order valence-corrected chi connectivity index (χ3v) is 5.81. The molecule has 156 valence electrons. The summed E-state index contributed by atoms with van der Waals surface area (Å²) in [6.07, 6.45) is 0.149. The fourth-order valence-electron chi connectivity index (χ4n) is 3.68. The minimum atomic E-state index is -0.340. The van der Waals surface area contributed by atoms with Gasteiger partial charge in [0, 0.05) is 37.2 Å². The molecule has 1 aliphatic heterocycles. The third-order valence-electron chi connectivity index (χ3n) is 5.46. The van der Waals surface area contributed by atoms with Gasteiger partial charge in [0.25, 0.3) is 11.7 Å². The summed E-state index contributed by atoms with van der Waals surface area (Å²) in [6, 6.07) is 14.4. The SMILES string of the molecule is C[C@H](c1ccccc1Cl)N1CCN(C(=O)c2noc(Cc3ccccc3F)n2)CC1. The molecule has 1 fully saturated rings. The first kappa shape index (κ1) is 20.5. The van der Waals surface area contributed by atoms with Gasteiger partial charge in [-0.05, 0) is 30.2 Å². The molecule has 4 rings (SSSR count). The van der Waals surface area contributed by atoms with Crippen LogP contribution in [0.25, 0.3) is 0 Å². The summed E-state index contributed by atoms with van der Waals surface area (Å²) in [4.78, 5) is 20.9. The molecule has 0 bridgehead atoms. The summed E-state index contributed by atoms with van der Waals surface area (Å²) in [5.41, 5.74) is 1.53. The monoisotopic (exact) mass is 428 g/mol. The number of hydrogen-bond donors (Lipinski definition) is 0. The van der Waals surface area contributed by atoms with Crippen molar-refractivity contribution in [1.82, 2.24) is 19.9 Å². The molecule has 0 radical (unpaired) electrons. The second-order valence-corrected chi connectivity index (χ2v) is 7.71. The molecule has 0 aliphatic carbocycles. The van der Waals surface area contributed by atoms with Gasteiger partial charge in [0.1, 0.15) is 5.82 Å². The number of rotatable bonds is 5. The first-order chi connectivity index (χ1) is 14.5. The zero-order valence-corrected chi connectivity index (χ0v) is 17.3. The van der Waals surface area contributed by atoms with Crippen molar-refractivity contribution in [2.45, 2.75) is 19.4 Å². The Morgan fingerprint density at radius 3 is 2.57 bits per heavy atom. The molecule has 1 aromatic heterocycles. The van der Waals surface area contributed by atoms with Crippen LogP contribution in [0.2, 0.25) is 5.02 Å². The average molecular weight is 429 g/mol. The highest BCUT2D eigenvalue weighted by molar-refractivity contribution is 6.31. The standard InChI is InChI=1S/C22H22ClFN4O2/c1-15(17-7-3-4-8-18(17)23)27-10-12-28(13-11-27)22(29)21-25-20(30-26-21)14-16-6-2-5-9-19(16)24/h2-9,15H,10-14H2,1H3/t15-/m1/s1. The van der Waals surface area contributed by atoms with E-state index in [1.807, 2.05) is 24.3 Å². The van der Waals surface area contributed by atoms with E-state index in [9.17, 15) is 9.18 Å². The number of aromatic nitrogens is 2. The minimum absolute atomic E-state index is 0.00828. The van der Waals surface area contributed by atoms with Crippen LogP contribution in [-0.2, 0) is 6.42 Å². The molecule has 1 saturated heterocycles. The van der Waals surface area contributed by atoms with E-state index < -0.39 is 0 Å². The van der Waals surface area contributed by atoms with Gasteiger partial charge in [0.05, 0.1) is 6.42 Å². The maximum absolute atomic E-state index is 13.8. The maximum Gasteiger partial charge on any atom is 0.295 e. The fourth-order valence-corrected chi connectivity index (χ4v) is 3.98. The lowest BCUT2D eigenvalue weighted by molar-refractivity contribution is 0.0568. The van der Waals surface area contributed by atoms with Gasteiger partial charge >= 0.3 is 0 Å². The molecule has 0 unspecified atom stereocenters. The van der Waals surface area contributed by atoms with Gasteiger partial charge in [-0.25, -0.2) is 4.39 Å². The lowest BCUT2D eigenvalue weighted by Crippen LogP contribution is -2.49. The Morgan fingerprint density at radius 2 is 1.83 bits per heavy atom. The molecular formula is C22H22ClFN4O2. The van der Waals surface area contributed by atoms with Gasteiger partial charge in [0.2, 0.25) is 5.89 Å². The Hall–Kier alpha value is -2.77. The molecule has 2 heterocycles. The van der Waals surface area contributed by atoms with Gasteiger partial charge in [0.15, 0.2) is 0 Å². The average Bonchev–Trinajstić information content (AvgIpc) is 3.23. The first-order valence-electron chi connectivity index (χ1n) is 9.86. The molecule has 3 aromatic rings. The lowest BCUT2D eigenvalue weighted by atomic mass is 10.1. The van der Waals surface area contributed by atoms with Crippen molar-refractivity contribution < 1.29 is 13.7 Å². The number of amides is 1. The van der Waals surface area contributed by atoms with E-state index >= 15 is 0 Å². The quantitative estimate of drug-likeness (QED) is 0.615. The predicted molar refractivity (Wildman–Crippen MR) is 111 cm³/mol. The van der Waals surface area contributed by atoms with Gasteiger partial charge in [-0.1, -0.05) is 53.2 Å². The zero-order chi connectivity index (χ0) is 21.1. The Balaban J connectivity index is 1.36. The van der Waals surface area contributed by atoms with Crippen LogP contribution in [0, 0.1) is 5.82 Å². The summed E-state index contributed by atoms with van der Waals surface area (Å²) in [7, 11) is 0. The van der Waals surface area contributed by atoms with Crippen molar-refractivity contribution in [2.24, 2.45) is 0 Å². The van der Waals surface area contributed by atoms with Gasteiger partial charge in [-0.3, -0.25) is 9.69 Å². The van der Waals surface area contributed by atoms with Crippen LogP contribution in [-0.4, -0.2) is 52.0 Å². The number of carbonyl (C=O) groups excluding carboxylic acids is 1. The van der Waals surface area contributed by atoms with E-state index in [0.717, 1.165) is 23.7 Å². The fraction of sp³-hybridized carbons (Fsp3) is 0.318. The van der Waals surface area contributed by atoms with Crippen LogP contribution in [0.4, 0.5) is 4.39 Å². The first-order valence-corrected chi connectivity index (χ1v) is 10.2. The molecule has 1 aliphatic rings. The highest BCUT2D eigenvalue weighted by Crippen LogP contribution is 2.28. The number of hydrogen-bond acceptors (Lipinski definition) is 5. The smallest absolute Gasteiger partial charge is 0.295 e. The van der Waals surface area contributed by atoms with Gasteiger partial charge in [-0.2, -0.15) is 4.98 Å². The maximum atomic E-state index is 13.8. The van der Waals surface area contributed by atoms with E-state index in [4.69, 9.17) is 16.1 Å². The van der Waals surface area contributed by atoms with Crippen molar-refractivity contribution >= 4 is 17.5 Å². The molecular weight excluding hydrogens is 407 g/mol. The van der Waals surface area contributed by atoms with E-state index in [2.05, 4.69) is 22.0 Å². The molecule has 1 atom stereocenters. The van der Waals surface area contributed by atoms with E-state index in [1.54, 1.807) is 23.1 Å². The molecule has 0 N–H and O–H groups in total. The molecule has 8 heteroatoms. The number of benzene rings is 2. The van der Waals surface area contributed by atoms with E-state index in [0.29, 0.717) is 18.7 Å². The molecule has 0 saturated carbocycles. The normalized spacial score (nSPS) is 15.9. The minimum Gasteiger partial charge on any atom is -0.338 e. The Kier molecular flexibility index (Phi) is 6.11. The highest BCUT2D eigenvalue weighted by atomic mass is 35.5. The number of nitrogens with zero attached hydrogens (tertiary/aromatic N) is 4. The molecule has 1 amide bonds. The summed E-state index contributed by atoms with van der Waals surface area (Å²) >= 11 is 6.33. The number of piperazine rings is 1. The van der Waals surface area contributed by atoms with Crippen LogP contribution in [0.3, 0.4) is 0 Å². The predicted octanol–water partition coefficient (Wildman–Crippen LogP) is 3.97. The Morgan fingerprint density at radius 1 is 1.13 bits per heavy atom. The van der Waals surface area contributed by atoms with Crippen molar-refractivity contribution in [1.29, 1.82) is 0 Å². The van der Waals surface area contributed by atoms with Crippen molar-refractivity contribution in [2.75, 3.05) is 26.2 Å². The van der Waals surface area contributed by atoms with Crippen molar-refractivity contribution in [3.05, 3.63) is 82.2 Å². The Labute approximate surface area is 179 Å². The summed E-state index contributed by atoms with van der Waals surface area (Å²) in [5, 5.41) is 4.55. The number of carbonyl (C=O) groups is 1. The zero-order valence-electron chi connectivity index (χ0n) is 16.6. The highest BCUT2D eigenvalue weighted by Gasteiger charge is 2.28. The van der Waals surface area contributed by atoms with E-state index in [-0.39, 0.29) is 35.9 Å². The molecule has 2 aromatic carbocycles. The van der Waals surface area contributed by atoms with Crippen LogP contribution < -0.4 is 0 Å². The van der Waals surface area contributed by atoms with E-state index in [1.165, 1.54) is 6.07 Å². The second kappa shape index (κ2) is 8.93. The van der Waals surface area contributed by atoms with Gasteiger partial charge in [-0.15, -0.1) is 0 Å². The van der Waals surface area contributed by atoms with Crippen LogP contribution in [0.5, 0.6) is 0 Å². The molecule has 6 nitrogen and oxygen atoms in total. The summed E-state index contributed by atoms with van der Waals surface area (Å²) in [5.74, 6) is -0.390. The largest absolute Gasteiger partial charge is 0.338 e. The second-order valence-electron chi connectivity index (χ2n) is 7.31. The van der Waals surface area contributed by atoms with Crippen LogP contribution in [0.1, 0.15) is 40.6 Å². The van der Waals surface area contributed by atoms with Crippen molar-refractivity contribution in [3.8, 4) is 0 Å². The van der Waals surface area contributed by atoms with Crippen molar-refractivity contribution in [3.63, 3.8) is 0 Å². The molecule has 0 spiro atoms. The van der Waals surface area contributed by atoms with Gasteiger partial charge < -0.3 is 9.42 Å². The lowest BCUT2D eigenvalue weighted by Gasteiger charge is -2.38. The van der Waals surface area contributed by atoms with Crippen LogP contribution in [0.15, 0.2) is 53.1 Å². The third kappa shape index (κ3) is 4.37. The number of halogens is 2. The summed E-state index contributed by atoms with van der Waals surface area (Å²) in [6.45, 7) is 4.68. The van der Waals surface area contributed by atoms with Crippen LogP contribution >= 0.6 is 11.6 Å². The summed E-state index contributed by atoms with van der Waals surface area (Å²) < 4.78 is 19.0. The Bertz CT molecular complexity index is 1030. The molecule has 30 heavy (non-hydrogen) atoms. The topological polar surface area (TPSA) is 62.5 Å².